The highest BCUT2D eigenvalue weighted by molar-refractivity contribution is 7.84. The van der Waals surface area contributed by atoms with Gasteiger partial charge in [0.15, 0.2) is 0 Å². The van der Waals surface area contributed by atoms with Crippen LogP contribution in [0.1, 0.15) is 19.0 Å². The minimum atomic E-state index is -0.748. The average Bonchev–Trinajstić information content (AvgIpc) is 2.75. The Bertz CT molecular complexity index is 584. The van der Waals surface area contributed by atoms with Gasteiger partial charge in [0, 0.05) is 41.2 Å². The lowest BCUT2D eigenvalue weighted by Crippen LogP contribution is -2.21. The van der Waals surface area contributed by atoms with E-state index in [4.69, 9.17) is 11.6 Å². The highest BCUT2D eigenvalue weighted by atomic mass is 35.5. The summed E-state index contributed by atoms with van der Waals surface area (Å²) in [5.41, 5.74) is 1.87. The number of hydrogen-bond acceptors (Lipinski definition) is 3. The Kier molecular flexibility index (Phi) is 4.96. The molecule has 0 bridgehead atoms. The van der Waals surface area contributed by atoms with Gasteiger partial charge in [0.05, 0.1) is 10.7 Å². The Morgan fingerprint density at radius 3 is 3.00 bits per heavy atom. The molecule has 0 amide bonds. The number of hydrogen-bond donors (Lipinski definition) is 1. The van der Waals surface area contributed by atoms with Gasteiger partial charge in [-0.25, -0.2) is 4.98 Å². The maximum absolute atomic E-state index is 11.2. The van der Waals surface area contributed by atoms with Crippen molar-refractivity contribution in [1.29, 1.82) is 0 Å². The molecule has 1 N–H and O–H groups in total. The monoisotopic (exact) mass is 299 g/mol. The van der Waals surface area contributed by atoms with Gasteiger partial charge < -0.3 is 9.72 Å². The third-order valence-corrected chi connectivity index (χ3v) is 4.66. The average molecular weight is 300 g/mol. The first-order valence-corrected chi connectivity index (χ1v) is 8.22. The maximum atomic E-state index is 11.2. The molecule has 2 heterocycles. The molecular formula is C13H18ClN3OS. The van der Waals surface area contributed by atoms with Crippen LogP contribution in [0.2, 0.25) is 5.02 Å². The Balaban J connectivity index is 1.86. The summed E-state index contributed by atoms with van der Waals surface area (Å²) in [6.45, 7) is 3.56. The number of nitrogens with one attached hydrogen (secondary N) is 1. The van der Waals surface area contributed by atoms with Crippen molar-refractivity contribution in [2.45, 2.75) is 25.1 Å². The molecule has 104 valence electrons. The van der Waals surface area contributed by atoms with E-state index >= 15 is 0 Å². The van der Waals surface area contributed by atoms with Crippen molar-refractivity contribution < 1.29 is 4.21 Å². The second kappa shape index (κ2) is 6.50. The van der Waals surface area contributed by atoms with Crippen LogP contribution >= 0.6 is 11.6 Å². The number of aromatic nitrogens is 2. The molecule has 0 aliphatic heterocycles. The molecule has 2 rings (SSSR count). The molecule has 0 aliphatic carbocycles. The minimum absolute atomic E-state index is 0.229. The molecule has 2 unspecified atom stereocenters. The van der Waals surface area contributed by atoms with Gasteiger partial charge in [0.2, 0.25) is 0 Å². The van der Waals surface area contributed by atoms with Crippen LogP contribution in [-0.2, 0) is 17.3 Å². The Hall–Kier alpha value is -0.910. The van der Waals surface area contributed by atoms with E-state index in [1.807, 2.05) is 35.9 Å². The molecule has 2 aromatic heterocycles. The van der Waals surface area contributed by atoms with Gasteiger partial charge in [-0.15, -0.1) is 0 Å². The van der Waals surface area contributed by atoms with Crippen molar-refractivity contribution in [3.63, 3.8) is 0 Å². The molecule has 0 saturated heterocycles. The van der Waals surface area contributed by atoms with E-state index < -0.39 is 10.8 Å². The molecule has 0 aliphatic rings. The second-order valence-corrected chi connectivity index (χ2v) is 6.86. The molecule has 0 spiro atoms. The van der Waals surface area contributed by atoms with Crippen LogP contribution in [0.3, 0.4) is 0 Å². The minimum Gasteiger partial charge on any atom is -0.311 e. The maximum Gasteiger partial charge on any atom is 0.137 e. The van der Waals surface area contributed by atoms with Crippen LogP contribution in [0.5, 0.6) is 0 Å². The van der Waals surface area contributed by atoms with Gasteiger partial charge in [0.1, 0.15) is 5.65 Å². The van der Waals surface area contributed by atoms with Crippen LogP contribution in [-0.4, -0.2) is 31.6 Å². The predicted molar refractivity (Wildman–Crippen MR) is 80.1 cm³/mol. The summed E-state index contributed by atoms with van der Waals surface area (Å²) < 4.78 is 13.1. The third kappa shape index (κ3) is 4.03. The molecule has 2 aromatic rings. The van der Waals surface area contributed by atoms with E-state index in [-0.39, 0.29) is 5.25 Å². The highest BCUT2D eigenvalue weighted by Crippen LogP contribution is 2.11. The van der Waals surface area contributed by atoms with Crippen molar-refractivity contribution in [3.05, 3.63) is 35.2 Å². The van der Waals surface area contributed by atoms with Gasteiger partial charge in [-0.2, -0.15) is 0 Å². The normalized spacial score (nSPS) is 14.7. The van der Waals surface area contributed by atoms with E-state index in [1.165, 1.54) is 0 Å². The molecule has 4 nitrogen and oxygen atoms in total. The smallest absolute Gasteiger partial charge is 0.137 e. The van der Waals surface area contributed by atoms with Gasteiger partial charge in [-0.1, -0.05) is 18.5 Å². The molecular weight excluding hydrogens is 282 g/mol. The molecule has 0 saturated carbocycles. The number of rotatable bonds is 6. The molecule has 6 heteroatoms. The molecule has 0 radical (unpaired) electrons. The van der Waals surface area contributed by atoms with Gasteiger partial charge in [-0.3, -0.25) is 4.21 Å². The first-order valence-electron chi connectivity index (χ1n) is 6.22. The van der Waals surface area contributed by atoms with E-state index in [2.05, 4.69) is 10.3 Å². The topological polar surface area (TPSA) is 46.4 Å². The van der Waals surface area contributed by atoms with Crippen molar-refractivity contribution in [1.82, 2.24) is 14.7 Å². The summed E-state index contributed by atoms with van der Waals surface area (Å²) in [7, 11) is -0.748. The lowest BCUT2D eigenvalue weighted by Gasteiger charge is -2.07. The van der Waals surface area contributed by atoms with Crippen LogP contribution in [0.25, 0.3) is 5.65 Å². The van der Waals surface area contributed by atoms with Crippen LogP contribution in [0.15, 0.2) is 24.5 Å². The van der Waals surface area contributed by atoms with Crippen molar-refractivity contribution in [3.8, 4) is 0 Å². The Morgan fingerprint density at radius 2 is 2.26 bits per heavy atom. The third-order valence-electron chi connectivity index (χ3n) is 3.07. The van der Waals surface area contributed by atoms with E-state index in [0.717, 1.165) is 24.3 Å². The van der Waals surface area contributed by atoms with Crippen molar-refractivity contribution in [2.75, 3.05) is 12.8 Å². The Morgan fingerprint density at radius 1 is 1.47 bits per heavy atom. The van der Waals surface area contributed by atoms with Gasteiger partial charge >= 0.3 is 0 Å². The van der Waals surface area contributed by atoms with Crippen LogP contribution < -0.4 is 5.32 Å². The summed E-state index contributed by atoms with van der Waals surface area (Å²) >= 11 is 5.93. The lowest BCUT2D eigenvalue weighted by atomic mass is 10.3. The lowest BCUT2D eigenvalue weighted by molar-refractivity contribution is 0.624. The largest absolute Gasteiger partial charge is 0.311 e. The van der Waals surface area contributed by atoms with E-state index in [1.54, 1.807) is 6.26 Å². The fourth-order valence-corrected chi connectivity index (χ4v) is 2.41. The fourth-order valence-electron chi connectivity index (χ4n) is 1.79. The number of pyridine rings is 1. The number of imidazole rings is 1. The molecule has 19 heavy (non-hydrogen) atoms. The van der Waals surface area contributed by atoms with Gasteiger partial charge in [0.25, 0.3) is 0 Å². The summed E-state index contributed by atoms with van der Waals surface area (Å²) in [6.07, 6.45) is 6.46. The molecule has 0 fully saturated rings. The molecule has 0 aromatic carbocycles. The zero-order chi connectivity index (χ0) is 13.8. The summed E-state index contributed by atoms with van der Waals surface area (Å²) in [5, 5.41) is 4.25. The van der Waals surface area contributed by atoms with Crippen LogP contribution in [0.4, 0.5) is 0 Å². The van der Waals surface area contributed by atoms with E-state index in [9.17, 15) is 4.21 Å². The molecule has 2 atom stereocenters. The van der Waals surface area contributed by atoms with Gasteiger partial charge in [-0.05, 0) is 25.1 Å². The highest BCUT2D eigenvalue weighted by Gasteiger charge is 2.06. The SMILES string of the molecule is CC(CCNCc1cn2cc(Cl)ccc2n1)S(C)=O. The van der Waals surface area contributed by atoms with Crippen LogP contribution in [0, 0.1) is 0 Å². The second-order valence-electron chi connectivity index (χ2n) is 4.62. The number of nitrogens with zero attached hydrogens (tertiary/aromatic N) is 2. The first-order chi connectivity index (χ1) is 9.06. The van der Waals surface area contributed by atoms with E-state index in [0.29, 0.717) is 11.6 Å². The quantitative estimate of drug-likeness (QED) is 0.832. The zero-order valence-corrected chi connectivity index (χ0v) is 12.7. The zero-order valence-electron chi connectivity index (χ0n) is 11.1. The standard InChI is InChI=1S/C13H18ClN3OS/c1-10(19(2)18)5-6-15-7-12-9-17-8-11(14)3-4-13(17)16-12/h3-4,8-10,15H,5-7H2,1-2H3. The Labute approximate surface area is 120 Å². The first kappa shape index (κ1) is 14.5. The van der Waals surface area contributed by atoms with Crippen molar-refractivity contribution >= 4 is 28.0 Å². The number of halogens is 1. The fraction of sp³-hybridized carbons (Fsp3) is 0.462. The summed E-state index contributed by atoms with van der Waals surface area (Å²) in [6, 6.07) is 3.73. The summed E-state index contributed by atoms with van der Waals surface area (Å²) in [5.74, 6) is 0. The van der Waals surface area contributed by atoms with Crippen molar-refractivity contribution in [2.24, 2.45) is 0 Å². The summed E-state index contributed by atoms with van der Waals surface area (Å²) in [4.78, 5) is 4.49. The predicted octanol–water partition coefficient (Wildman–Crippen LogP) is 2.23. The number of fused-ring (bicyclic) bond motifs is 1.